The maximum absolute atomic E-state index is 13.3. The Balaban J connectivity index is 1.24. The van der Waals surface area contributed by atoms with Crippen LogP contribution in [0.2, 0.25) is 0 Å². The van der Waals surface area contributed by atoms with Crippen molar-refractivity contribution in [3.8, 4) is 17.6 Å². The number of aromatic amines is 1. The van der Waals surface area contributed by atoms with Crippen LogP contribution < -0.4 is 10.9 Å². The standard InChI is InChI=1S/C30H32F2N4O3/c31-30(32)16-26(17-30)33-18-25(15-27-28(37)29(38)35-20-34-27)24-9-7-22(8-10-24)2-1-21-3-5-23(6-4-21)19-36-11-13-39-14-12-36/h3-10,20,25-26,33,37H,11-19H2,(H,34,35,38). The number of ether oxygens (including phenoxy) is 1. The van der Waals surface area contributed by atoms with E-state index in [2.05, 4.69) is 44.2 Å². The Labute approximate surface area is 226 Å². The lowest BCUT2D eigenvalue weighted by atomic mass is 9.86. The molecule has 1 saturated heterocycles. The number of morpholine rings is 1. The van der Waals surface area contributed by atoms with Crippen LogP contribution in [-0.4, -0.2) is 64.8 Å². The number of halogens is 2. The van der Waals surface area contributed by atoms with E-state index in [0.29, 0.717) is 6.54 Å². The highest BCUT2D eigenvalue weighted by atomic mass is 19.3. The third kappa shape index (κ3) is 7.30. The SMILES string of the molecule is O=c1[nH]cnc(CC(CNC2CC(F)(F)C2)c2ccc(C#Cc3ccc(CN4CCOCC4)cc3)cc2)c1O. The van der Waals surface area contributed by atoms with E-state index in [1.54, 1.807) is 0 Å². The summed E-state index contributed by atoms with van der Waals surface area (Å²) in [4.78, 5) is 20.7. The first-order chi connectivity index (χ1) is 18.8. The second-order valence-electron chi connectivity index (χ2n) is 10.3. The monoisotopic (exact) mass is 534 g/mol. The average Bonchev–Trinajstić information content (AvgIpc) is 2.93. The van der Waals surface area contributed by atoms with E-state index in [-0.39, 0.29) is 36.9 Å². The molecule has 39 heavy (non-hydrogen) atoms. The number of alkyl halides is 2. The molecule has 3 N–H and O–H groups in total. The van der Waals surface area contributed by atoms with Crippen LogP contribution >= 0.6 is 0 Å². The first-order valence-corrected chi connectivity index (χ1v) is 13.2. The van der Waals surface area contributed by atoms with Crippen LogP contribution in [0.5, 0.6) is 5.75 Å². The predicted octanol–water partition coefficient (Wildman–Crippen LogP) is 3.42. The molecule has 2 fully saturated rings. The van der Waals surface area contributed by atoms with Crippen LogP contribution in [0.15, 0.2) is 59.7 Å². The second-order valence-corrected chi connectivity index (χ2v) is 10.3. The van der Waals surface area contributed by atoms with Crippen molar-refractivity contribution in [2.75, 3.05) is 32.8 Å². The Kier molecular flexibility index (Phi) is 8.36. The molecule has 2 aromatic carbocycles. The lowest BCUT2D eigenvalue weighted by Crippen LogP contribution is -2.49. The van der Waals surface area contributed by atoms with Crippen LogP contribution in [0.25, 0.3) is 0 Å². The van der Waals surface area contributed by atoms with Crippen LogP contribution in [0, 0.1) is 11.8 Å². The van der Waals surface area contributed by atoms with E-state index in [4.69, 9.17) is 4.74 Å². The molecule has 1 saturated carbocycles. The molecule has 1 aromatic heterocycles. The fourth-order valence-corrected chi connectivity index (χ4v) is 4.93. The van der Waals surface area contributed by atoms with Crippen molar-refractivity contribution in [1.82, 2.24) is 20.2 Å². The zero-order valence-corrected chi connectivity index (χ0v) is 21.6. The van der Waals surface area contributed by atoms with E-state index >= 15 is 0 Å². The van der Waals surface area contributed by atoms with E-state index < -0.39 is 17.2 Å². The summed E-state index contributed by atoms with van der Waals surface area (Å²) in [5.74, 6) is 3.20. The molecule has 0 bridgehead atoms. The van der Waals surface area contributed by atoms with Gasteiger partial charge in [-0.2, -0.15) is 0 Å². The zero-order chi connectivity index (χ0) is 27.2. The summed E-state index contributed by atoms with van der Waals surface area (Å²) >= 11 is 0. The van der Waals surface area contributed by atoms with Gasteiger partial charge < -0.3 is 20.1 Å². The van der Waals surface area contributed by atoms with Gasteiger partial charge in [-0.15, -0.1) is 0 Å². The molecule has 1 unspecified atom stereocenters. The largest absolute Gasteiger partial charge is 0.502 e. The number of nitrogens with one attached hydrogen (secondary N) is 2. The van der Waals surface area contributed by atoms with E-state index in [0.717, 1.165) is 49.5 Å². The highest BCUT2D eigenvalue weighted by molar-refractivity contribution is 5.44. The Morgan fingerprint density at radius 2 is 1.72 bits per heavy atom. The molecule has 0 amide bonds. The summed E-state index contributed by atoms with van der Waals surface area (Å²) in [6.07, 6.45) is 1.17. The van der Waals surface area contributed by atoms with Crippen LogP contribution in [0.1, 0.15) is 46.7 Å². The van der Waals surface area contributed by atoms with Gasteiger partial charge in [0.05, 0.1) is 25.2 Å². The molecule has 1 aliphatic heterocycles. The highest BCUT2D eigenvalue weighted by Gasteiger charge is 2.45. The van der Waals surface area contributed by atoms with Gasteiger partial charge in [0.15, 0.2) is 0 Å². The maximum Gasteiger partial charge on any atom is 0.293 e. The van der Waals surface area contributed by atoms with Crippen molar-refractivity contribution in [1.29, 1.82) is 0 Å². The van der Waals surface area contributed by atoms with E-state index in [1.807, 2.05) is 36.4 Å². The summed E-state index contributed by atoms with van der Waals surface area (Å²) in [5, 5.41) is 13.4. The molecule has 2 aliphatic rings. The summed E-state index contributed by atoms with van der Waals surface area (Å²) in [6, 6.07) is 15.8. The Hall–Kier alpha value is -3.58. The number of hydrogen-bond donors (Lipinski definition) is 3. The van der Waals surface area contributed by atoms with Crippen molar-refractivity contribution in [2.45, 2.75) is 43.7 Å². The molecule has 0 spiro atoms. The van der Waals surface area contributed by atoms with Crippen LogP contribution in [-0.2, 0) is 17.7 Å². The summed E-state index contributed by atoms with van der Waals surface area (Å²) in [6.45, 7) is 4.78. The van der Waals surface area contributed by atoms with Gasteiger partial charge in [-0.1, -0.05) is 36.1 Å². The number of aromatic hydroxyl groups is 1. The fourth-order valence-electron chi connectivity index (χ4n) is 4.93. The lowest BCUT2D eigenvalue weighted by Gasteiger charge is -2.36. The Bertz CT molecular complexity index is 1370. The van der Waals surface area contributed by atoms with E-state index in [1.165, 1.54) is 11.9 Å². The van der Waals surface area contributed by atoms with Crippen LogP contribution in [0.4, 0.5) is 8.78 Å². The van der Waals surface area contributed by atoms with Crippen molar-refractivity contribution in [2.24, 2.45) is 0 Å². The van der Waals surface area contributed by atoms with Crippen molar-refractivity contribution < 1.29 is 18.6 Å². The smallest absolute Gasteiger partial charge is 0.293 e. The quantitative estimate of drug-likeness (QED) is 0.384. The molecule has 204 valence electrons. The Morgan fingerprint density at radius 1 is 1.08 bits per heavy atom. The van der Waals surface area contributed by atoms with Gasteiger partial charge >= 0.3 is 0 Å². The van der Waals surface area contributed by atoms with E-state index in [9.17, 15) is 18.7 Å². The van der Waals surface area contributed by atoms with Crippen LogP contribution in [0.3, 0.4) is 0 Å². The maximum atomic E-state index is 13.3. The van der Waals surface area contributed by atoms with Gasteiger partial charge in [0.25, 0.3) is 11.5 Å². The minimum Gasteiger partial charge on any atom is -0.502 e. The van der Waals surface area contributed by atoms with Gasteiger partial charge in [0, 0.05) is 68.5 Å². The molecule has 0 radical (unpaired) electrons. The van der Waals surface area contributed by atoms with Crippen molar-refractivity contribution in [3.05, 3.63) is 93.2 Å². The van der Waals surface area contributed by atoms with Crippen molar-refractivity contribution >= 4 is 0 Å². The molecule has 9 heteroatoms. The third-order valence-electron chi connectivity index (χ3n) is 7.28. The second kappa shape index (κ2) is 12.1. The molecule has 2 heterocycles. The fraction of sp³-hybridized carbons (Fsp3) is 0.400. The molecule has 5 rings (SSSR count). The molecule has 7 nitrogen and oxygen atoms in total. The number of rotatable bonds is 8. The minimum absolute atomic E-state index is 0.180. The predicted molar refractivity (Wildman–Crippen MR) is 144 cm³/mol. The first kappa shape index (κ1) is 27.0. The molecule has 3 aromatic rings. The third-order valence-corrected chi connectivity index (χ3v) is 7.28. The molecular formula is C30H32F2N4O3. The number of H-pyrrole nitrogens is 1. The van der Waals surface area contributed by atoms with Gasteiger partial charge in [-0.05, 0) is 35.4 Å². The summed E-state index contributed by atoms with van der Waals surface area (Å²) in [7, 11) is 0. The highest BCUT2D eigenvalue weighted by Crippen LogP contribution is 2.37. The number of nitrogens with zero attached hydrogens (tertiary/aromatic N) is 2. The average molecular weight is 535 g/mol. The number of benzene rings is 2. The normalized spacial score (nSPS) is 18.1. The summed E-state index contributed by atoms with van der Waals surface area (Å²) < 4.78 is 32.0. The lowest BCUT2D eigenvalue weighted by molar-refractivity contribution is -0.0927. The first-order valence-electron chi connectivity index (χ1n) is 13.2. The van der Waals surface area contributed by atoms with Gasteiger partial charge in [0.2, 0.25) is 5.75 Å². The molecule has 1 aliphatic carbocycles. The topological polar surface area (TPSA) is 90.5 Å². The minimum atomic E-state index is -2.61. The number of aromatic nitrogens is 2. The molecular weight excluding hydrogens is 502 g/mol. The summed E-state index contributed by atoms with van der Waals surface area (Å²) in [5.41, 5.74) is 3.63. The van der Waals surface area contributed by atoms with Crippen molar-refractivity contribution in [3.63, 3.8) is 0 Å². The van der Waals surface area contributed by atoms with Gasteiger partial charge in [-0.25, -0.2) is 13.8 Å². The van der Waals surface area contributed by atoms with Gasteiger partial charge in [0.1, 0.15) is 0 Å². The number of hydrogen-bond acceptors (Lipinski definition) is 6. The zero-order valence-electron chi connectivity index (χ0n) is 21.6. The molecule has 1 atom stereocenters. The van der Waals surface area contributed by atoms with Gasteiger partial charge in [-0.3, -0.25) is 9.69 Å². The Morgan fingerprint density at radius 3 is 2.36 bits per heavy atom.